The fourth-order valence-corrected chi connectivity index (χ4v) is 1.95. The summed E-state index contributed by atoms with van der Waals surface area (Å²) in [6.07, 6.45) is 0.869. The van der Waals surface area contributed by atoms with Crippen molar-refractivity contribution in [3.05, 3.63) is 23.8 Å². The number of benzene rings is 1. The molecule has 0 saturated carbocycles. The summed E-state index contributed by atoms with van der Waals surface area (Å²) in [6, 6.07) is 4.67. The largest absolute Gasteiger partial charge is 0.486 e. The van der Waals surface area contributed by atoms with Crippen molar-refractivity contribution >= 4 is 5.97 Å². The Hall–Kier alpha value is -1.75. The standard InChI is InChI=1S/C14H19NO4/c1-3-9(2)15-13(14(16)17)10-4-5-11-12(8-10)19-7-6-18-11/h4-5,8-9,13,15H,3,6-7H2,1-2H3,(H,16,17). The molecule has 2 atom stereocenters. The summed E-state index contributed by atoms with van der Waals surface area (Å²) in [4.78, 5) is 11.4. The lowest BCUT2D eigenvalue weighted by atomic mass is 10.0. The number of hydrogen-bond acceptors (Lipinski definition) is 4. The number of carboxylic acids is 1. The molecule has 0 fully saturated rings. The van der Waals surface area contributed by atoms with E-state index in [1.807, 2.05) is 13.8 Å². The van der Waals surface area contributed by atoms with Gasteiger partial charge in [-0.2, -0.15) is 0 Å². The highest BCUT2D eigenvalue weighted by atomic mass is 16.6. The van der Waals surface area contributed by atoms with E-state index in [-0.39, 0.29) is 6.04 Å². The first kappa shape index (κ1) is 13.7. The number of carbonyl (C=O) groups is 1. The van der Waals surface area contributed by atoms with Gasteiger partial charge in [-0.3, -0.25) is 10.1 Å². The van der Waals surface area contributed by atoms with E-state index in [9.17, 15) is 9.90 Å². The molecule has 0 amide bonds. The topological polar surface area (TPSA) is 67.8 Å². The molecule has 1 heterocycles. The van der Waals surface area contributed by atoms with Crippen molar-refractivity contribution in [2.24, 2.45) is 0 Å². The molecule has 1 aliphatic rings. The van der Waals surface area contributed by atoms with Crippen LogP contribution in [0, 0.1) is 0 Å². The zero-order valence-corrected chi connectivity index (χ0v) is 11.2. The number of nitrogens with one attached hydrogen (secondary N) is 1. The normalized spacial score (nSPS) is 16.7. The Morgan fingerprint density at radius 1 is 1.37 bits per heavy atom. The van der Waals surface area contributed by atoms with Crippen LogP contribution in [0.3, 0.4) is 0 Å². The third kappa shape index (κ3) is 3.17. The molecule has 5 nitrogen and oxygen atoms in total. The number of fused-ring (bicyclic) bond motifs is 1. The number of hydrogen-bond donors (Lipinski definition) is 2. The summed E-state index contributed by atoms with van der Waals surface area (Å²) in [5, 5.41) is 12.4. The van der Waals surface area contributed by atoms with Gasteiger partial charge in [0.05, 0.1) is 0 Å². The lowest BCUT2D eigenvalue weighted by Gasteiger charge is -2.22. The maximum absolute atomic E-state index is 11.4. The van der Waals surface area contributed by atoms with Crippen molar-refractivity contribution in [3.8, 4) is 11.5 Å². The second kappa shape index (κ2) is 5.93. The smallest absolute Gasteiger partial charge is 0.325 e. The SMILES string of the molecule is CCC(C)NC(C(=O)O)c1ccc2c(c1)OCCO2. The molecular weight excluding hydrogens is 246 g/mol. The highest BCUT2D eigenvalue weighted by Crippen LogP contribution is 2.32. The van der Waals surface area contributed by atoms with E-state index in [0.29, 0.717) is 30.3 Å². The molecule has 1 aromatic carbocycles. The van der Waals surface area contributed by atoms with Gasteiger partial charge in [-0.25, -0.2) is 0 Å². The van der Waals surface area contributed by atoms with Crippen LogP contribution in [0.15, 0.2) is 18.2 Å². The van der Waals surface area contributed by atoms with Crippen molar-refractivity contribution in [2.75, 3.05) is 13.2 Å². The van der Waals surface area contributed by atoms with Crippen LogP contribution in [0.2, 0.25) is 0 Å². The van der Waals surface area contributed by atoms with E-state index in [4.69, 9.17) is 9.47 Å². The average molecular weight is 265 g/mol. The van der Waals surface area contributed by atoms with E-state index in [0.717, 1.165) is 6.42 Å². The summed E-state index contributed by atoms with van der Waals surface area (Å²) in [6.45, 7) is 5.00. The first-order valence-corrected chi connectivity index (χ1v) is 6.50. The Morgan fingerprint density at radius 2 is 2.05 bits per heavy atom. The van der Waals surface area contributed by atoms with Gasteiger partial charge in [0.1, 0.15) is 19.3 Å². The van der Waals surface area contributed by atoms with E-state index < -0.39 is 12.0 Å². The van der Waals surface area contributed by atoms with E-state index >= 15 is 0 Å². The number of carboxylic acid groups (broad SMARTS) is 1. The van der Waals surface area contributed by atoms with Gasteiger partial charge in [-0.15, -0.1) is 0 Å². The van der Waals surface area contributed by atoms with Crippen molar-refractivity contribution in [3.63, 3.8) is 0 Å². The van der Waals surface area contributed by atoms with Crippen molar-refractivity contribution in [1.29, 1.82) is 0 Å². The Morgan fingerprint density at radius 3 is 2.68 bits per heavy atom. The van der Waals surface area contributed by atoms with Crippen LogP contribution in [-0.2, 0) is 4.79 Å². The predicted molar refractivity (Wildman–Crippen MR) is 70.7 cm³/mol. The summed E-state index contributed by atoms with van der Waals surface area (Å²) in [5.41, 5.74) is 0.678. The summed E-state index contributed by atoms with van der Waals surface area (Å²) in [7, 11) is 0. The molecule has 19 heavy (non-hydrogen) atoms. The molecule has 104 valence electrons. The van der Waals surface area contributed by atoms with Gasteiger partial charge in [-0.1, -0.05) is 13.0 Å². The molecular formula is C14H19NO4. The maximum atomic E-state index is 11.4. The maximum Gasteiger partial charge on any atom is 0.325 e. The minimum Gasteiger partial charge on any atom is -0.486 e. The fourth-order valence-electron chi connectivity index (χ4n) is 1.95. The molecule has 2 unspecified atom stereocenters. The van der Waals surface area contributed by atoms with Gasteiger partial charge in [0, 0.05) is 6.04 Å². The predicted octanol–water partition coefficient (Wildman–Crippen LogP) is 1.97. The molecule has 5 heteroatoms. The zero-order valence-electron chi connectivity index (χ0n) is 11.2. The highest BCUT2D eigenvalue weighted by molar-refractivity contribution is 5.76. The van der Waals surface area contributed by atoms with Crippen LogP contribution in [0.5, 0.6) is 11.5 Å². The van der Waals surface area contributed by atoms with Gasteiger partial charge in [0.2, 0.25) is 0 Å². The molecule has 1 aliphatic heterocycles. The van der Waals surface area contributed by atoms with Crippen LogP contribution in [-0.4, -0.2) is 30.3 Å². The summed E-state index contributed by atoms with van der Waals surface area (Å²) in [5.74, 6) is 0.389. The van der Waals surface area contributed by atoms with Crippen LogP contribution in [0.4, 0.5) is 0 Å². The second-order valence-electron chi connectivity index (χ2n) is 4.65. The van der Waals surface area contributed by atoms with E-state index in [2.05, 4.69) is 5.32 Å². The minimum absolute atomic E-state index is 0.134. The van der Waals surface area contributed by atoms with E-state index in [1.54, 1.807) is 18.2 Å². The van der Waals surface area contributed by atoms with Gasteiger partial charge in [0.15, 0.2) is 11.5 Å². The summed E-state index contributed by atoms with van der Waals surface area (Å²) < 4.78 is 10.9. The van der Waals surface area contributed by atoms with Crippen molar-refractivity contribution in [1.82, 2.24) is 5.32 Å². The molecule has 1 aromatic rings. The molecule has 0 aromatic heterocycles. The third-order valence-electron chi connectivity index (χ3n) is 3.21. The molecule has 0 bridgehead atoms. The van der Waals surface area contributed by atoms with Crippen LogP contribution in [0.1, 0.15) is 31.9 Å². The molecule has 0 aliphatic carbocycles. The molecule has 0 saturated heterocycles. The molecule has 0 spiro atoms. The first-order chi connectivity index (χ1) is 9.11. The number of rotatable bonds is 5. The molecule has 0 radical (unpaired) electrons. The van der Waals surface area contributed by atoms with Crippen LogP contribution in [0.25, 0.3) is 0 Å². The second-order valence-corrected chi connectivity index (χ2v) is 4.65. The highest BCUT2D eigenvalue weighted by Gasteiger charge is 2.23. The quantitative estimate of drug-likeness (QED) is 0.852. The summed E-state index contributed by atoms with van der Waals surface area (Å²) >= 11 is 0. The molecule has 2 rings (SSSR count). The zero-order chi connectivity index (χ0) is 13.8. The van der Waals surface area contributed by atoms with Gasteiger partial charge in [0.25, 0.3) is 0 Å². The van der Waals surface area contributed by atoms with Gasteiger partial charge in [-0.05, 0) is 31.0 Å². The van der Waals surface area contributed by atoms with Crippen LogP contribution < -0.4 is 14.8 Å². The van der Waals surface area contributed by atoms with Gasteiger partial charge < -0.3 is 14.6 Å². The Balaban J connectivity index is 2.24. The monoisotopic (exact) mass is 265 g/mol. The third-order valence-corrected chi connectivity index (χ3v) is 3.21. The van der Waals surface area contributed by atoms with E-state index in [1.165, 1.54) is 0 Å². The van der Waals surface area contributed by atoms with Crippen molar-refractivity contribution in [2.45, 2.75) is 32.4 Å². The Labute approximate surface area is 112 Å². The molecule has 2 N–H and O–H groups in total. The number of ether oxygens (including phenoxy) is 2. The fraction of sp³-hybridized carbons (Fsp3) is 0.500. The Bertz CT molecular complexity index is 461. The lowest BCUT2D eigenvalue weighted by Crippen LogP contribution is -2.35. The lowest BCUT2D eigenvalue weighted by molar-refractivity contribution is -0.139. The van der Waals surface area contributed by atoms with Crippen molar-refractivity contribution < 1.29 is 19.4 Å². The minimum atomic E-state index is -0.892. The Kier molecular flexibility index (Phi) is 4.27. The number of aliphatic carboxylic acids is 1. The first-order valence-electron chi connectivity index (χ1n) is 6.50. The van der Waals surface area contributed by atoms with Gasteiger partial charge >= 0.3 is 5.97 Å². The van der Waals surface area contributed by atoms with Crippen LogP contribution >= 0.6 is 0 Å². The average Bonchev–Trinajstić information content (AvgIpc) is 2.43.